The van der Waals surface area contributed by atoms with Gasteiger partial charge in [0.1, 0.15) is 0 Å². The number of rotatable bonds is 7. The molecule has 148 valence electrons. The summed E-state index contributed by atoms with van der Waals surface area (Å²) in [4.78, 5) is 7.25. The molecule has 1 aromatic carbocycles. The predicted octanol–water partition coefficient (Wildman–Crippen LogP) is 1.10. The highest BCUT2D eigenvalue weighted by molar-refractivity contribution is 14.0. The van der Waals surface area contributed by atoms with Crippen molar-refractivity contribution in [2.24, 2.45) is 4.99 Å². The Balaban J connectivity index is 0.00000338. The van der Waals surface area contributed by atoms with Crippen LogP contribution in [0.25, 0.3) is 0 Å². The third kappa shape index (κ3) is 8.19. The van der Waals surface area contributed by atoms with Crippen molar-refractivity contribution >= 4 is 39.8 Å². The van der Waals surface area contributed by atoms with Crippen molar-refractivity contribution in [3.8, 4) is 0 Å². The van der Waals surface area contributed by atoms with Gasteiger partial charge < -0.3 is 15.4 Å². The fourth-order valence-corrected chi connectivity index (χ4v) is 3.14. The molecule has 0 atom stereocenters. The van der Waals surface area contributed by atoms with Gasteiger partial charge in [-0.15, -0.1) is 24.0 Å². The summed E-state index contributed by atoms with van der Waals surface area (Å²) in [6.07, 6.45) is 1.21. The Bertz CT molecular complexity index is 659. The molecule has 1 aliphatic heterocycles. The molecule has 0 saturated carbocycles. The summed E-state index contributed by atoms with van der Waals surface area (Å²) in [5.41, 5.74) is 0.970. The van der Waals surface area contributed by atoms with Gasteiger partial charge in [-0.3, -0.25) is 4.90 Å². The van der Waals surface area contributed by atoms with Crippen LogP contribution in [0.15, 0.2) is 34.2 Å². The first-order valence-electron chi connectivity index (χ1n) is 8.60. The summed E-state index contributed by atoms with van der Waals surface area (Å²) in [6, 6.07) is 6.85. The van der Waals surface area contributed by atoms with E-state index in [0.717, 1.165) is 57.5 Å². The zero-order valence-electron chi connectivity index (χ0n) is 15.4. The summed E-state index contributed by atoms with van der Waals surface area (Å²) in [5.74, 6) is 0.767. The molecule has 2 rings (SSSR count). The van der Waals surface area contributed by atoms with E-state index in [1.807, 2.05) is 6.92 Å². The van der Waals surface area contributed by atoms with Crippen LogP contribution in [-0.4, -0.2) is 71.5 Å². The first-order valence-corrected chi connectivity index (χ1v) is 10.5. The topological polar surface area (TPSA) is 83.0 Å². The van der Waals surface area contributed by atoms with Gasteiger partial charge in [-0.2, -0.15) is 0 Å². The molecule has 9 heteroatoms. The van der Waals surface area contributed by atoms with Crippen molar-refractivity contribution in [1.82, 2.24) is 15.5 Å². The molecule has 0 aromatic heterocycles. The second kappa shape index (κ2) is 11.7. The zero-order valence-corrected chi connectivity index (χ0v) is 18.5. The summed E-state index contributed by atoms with van der Waals surface area (Å²) in [7, 11) is -3.16. The molecule has 0 spiro atoms. The largest absolute Gasteiger partial charge is 0.379 e. The van der Waals surface area contributed by atoms with Crippen LogP contribution in [0.1, 0.15) is 12.5 Å². The van der Waals surface area contributed by atoms with Crippen molar-refractivity contribution in [2.45, 2.75) is 18.4 Å². The number of guanidine groups is 1. The first-order chi connectivity index (χ1) is 12.0. The molecule has 0 unspecified atom stereocenters. The van der Waals surface area contributed by atoms with Crippen LogP contribution in [0, 0.1) is 0 Å². The minimum absolute atomic E-state index is 0. The molecular formula is C17H29IN4O3S. The number of halogens is 1. The fraction of sp³-hybridized carbons (Fsp3) is 0.588. The van der Waals surface area contributed by atoms with E-state index in [9.17, 15) is 8.42 Å². The Labute approximate surface area is 173 Å². The normalized spacial score (nSPS) is 16.0. The second-order valence-electron chi connectivity index (χ2n) is 5.99. The Morgan fingerprint density at radius 1 is 1.19 bits per heavy atom. The number of nitrogens with one attached hydrogen (secondary N) is 2. The molecule has 1 aliphatic rings. The van der Waals surface area contributed by atoms with Gasteiger partial charge in [-0.25, -0.2) is 13.4 Å². The molecule has 0 bridgehead atoms. The van der Waals surface area contributed by atoms with E-state index in [4.69, 9.17) is 4.74 Å². The molecule has 2 N–H and O–H groups in total. The molecule has 0 aliphatic carbocycles. The number of nitrogens with zero attached hydrogens (tertiary/aromatic N) is 2. The number of morpholine rings is 1. The molecular weight excluding hydrogens is 467 g/mol. The molecule has 1 heterocycles. The van der Waals surface area contributed by atoms with Crippen LogP contribution in [0.3, 0.4) is 0 Å². The molecule has 0 amide bonds. The van der Waals surface area contributed by atoms with Gasteiger partial charge in [-0.05, 0) is 24.6 Å². The maximum absolute atomic E-state index is 11.5. The summed E-state index contributed by atoms with van der Waals surface area (Å²) in [5, 5.41) is 6.56. The van der Waals surface area contributed by atoms with E-state index in [0.29, 0.717) is 11.4 Å². The summed E-state index contributed by atoms with van der Waals surface area (Å²) in [6.45, 7) is 8.64. The number of hydrogen-bond donors (Lipinski definition) is 2. The zero-order chi connectivity index (χ0) is 18.1. The lowest BCUT2D eigenvalue weighted by atomic mass is 10.2. The van der Waals surface area contributed by atoms with Crippen molar-refractivity contribution < 1.29 is 13.2 Å². The monoisotopic (exact) mass is 496 g/mol. The highest BCUT2D eigenvalue weighted by Gasteiger charge is 2.10. The lowest BCUT2D eigenvalue weighted by Crippen LogP contribution is -2.44. The Hall–Kier alpha value is -0.910. The fourth-order valence-electron chi connectivity index (χ4n) is 2.51. The highest BCUT2D eigenvalue weighted by Crippen LogP contribution is 2.10. The smallest absolute Gasteiger partial charge is 0.191 e. The maximum atomic E-state index is 11.5. The van der Waals surface area contributed by atoms with Crippen molar-refractivity contribution in [1.29, 1.82) is 0 Å². The third-order valence-electron chi connectivity index (χ3n) is 3.94. The summed E-state index contributed by atoms with van der Waals surface area (Å²) < 4.78 is 28.3. The lowest BCUT2D eigenvalue weighted by Gasteiger charge is -2.26. The quantitative estimate of drug-likeness (QED) is 0.334. The van der Waals surface area contributed by atoms with Gasteiger partial charge in [0.15, 0.2) is 15.8 Å². The van der Waals surface area contributed by atoms with Crippen LogP contribution in [0.5, 0.6) is 0 Å². The van der Waals surface area contributed by atoms with Crippen molar-refractivity contribution in [3.05, 3.63) is 29.8 Å². The van der Waals surface area contributed by atoms with Gasteiger partial charge in [-0.1, -0.05) is 12.1 Å². The van der Waals surface area contributed by atoms with E-state index in [2.05, 4.69) is 20.5 Å². The van der Waals surface area contributed by atoms with Crippen LogP contribution in [-0.2, 0) is 21.1 Å². The Morgan fingerprint density at radius 2 is 1.85 bits per heavy atom. The minimum atomic E-state index is -3.16. The minimum Gasteiger partial charge on any atom is -0.379 e. The maximum Gasteiger partial charge on any atom is 0.191 e. The van der Waals surface area contributed by atoms with E-state index in [-0.39, 0.29) is 24.0 Å². The average Bonchev–Trinajstić information content (AvgIpc) is 2.60. The number of hydrogen-bond acceptors (Lipinski definition) is 5. The van der Waals surface area contributed by atoms with E-state index in [1.54, 1.807) is 24.3 Å². The number of aliphatic imine (C=N–C) groups is 1. The van der Waals surface area contributed by atoms with Crippen LogP contribution >= 0.6 is 24.0 Å². The molecule has 1 aromatic rings. The van der Waals surface area contributed by atoms with Gasteiger partial charge in [0.05, 0.1) is 24.7 Å². The second-order valence-corrected chi connectivity index (χ2v) is 8.01. The number of sulfone groups is 1. The molecule has 0 radical (unpaired) electrons. The van der Waals surface area contributed by atoms with Crippen molar-refractivity contribution in [3.63, 3.8) is 0 Å². The van der Waals surface area contributed by atoms with Gasteiger partial charge in [0.2, 0.25) is 0 Å². The lowest BCUT2D eigenvalue weighted by molar-refractivity contribution is 0.0389. The number of benzene rings is 1. The average molecular weight is 496 g/mol. The van der Waals surface area contributed by atoms with Crippen LogP contribution < -0.4 is 10.6 Å². The van der Waals surface area contributed by atoms with E-state index >= 15 is 0 Å². The molecule has 1 saturated heterocycles. The van der Waals surface area contributed by atoms with Gasteiger partial charge >= 0.3 is 0 Å². The first kappa shape index (κ1) is 23.1. The van der Waals surface area contributed by atoms with Crippen LogP contribution in [0.2, 0.25) is 0 Å². The van der Waals surface area contributed by atoms with E-state index < -0.39 is 9.84 Å². The molecule has 7 nitrogen and oxygen atoms in total. The standard InChI is InChI=1S/C17H28N4O3S.HI/c1-3-18-17(19-8-9-21-10-12-24-13-11-21)20-14-15-4-6-16(7-5-15)25(2,22)23;/h4-7H,3,8-14H2,1-2H3,(H2,18,19,20);1H. The van der Waals surface area contributed by atoms with Crippen LogP contribution in [0.4, 0.5) is 0 Å². The summed E-state index contributed by atoms with van der Waals surface area (Å²) >= 11 is 0. The molecule has 1 fully saturated rings. The van der Waals surface area contributed by atoms with Crippen molar-refractivity contribution in [2.75, 3.05) is 52.2 Å². The van der Waals surface area contributed by atoms with E-state index in [1.165, 1.54) is 6.26 Å². The Kier molecular flexibility index (Phi) is 10.4. The highest BCUT2D eigenvalue weighted by atomic mass is 127. The molecule has 26 heavy (non-hydrogen) atoms. The number of ether oxygens (including phenoxy) is 1. The predicted molar refractivity (Wildman–Crippen MR) is 115 cm³/mol. The third-order valence-corrected chi connectivity index (χ3v) is 5.07. The SMILES string of the molecule is CCNC(=NCc1ccc(S(C)(=O)=O)cc1)NCCN1CCOCC1.I. The van der Waals surface area contributed by atoms with Gasteiger partial charge in [0.25, 0.3) is 0 Å². The van der Waals surface area contributed by atoms with Gasteiger partial charge in [0, 0.05) is 39.0 Å². The Morgan fingerprint density at radius 3 is 2.42 bits per heavy atom.